The number of nitrogens with zero attached hydrogens (tertiary/aromatic N) is 1. The van der Waals surface area contributed by atoms with Crippen LogP contribution in [0.15, 0.2) is 0 Å². The summed E-state index contributed by atoms with van der Waals surface area (Å²) >= 11 is 0. The van der Waals surface area contributed by atoms with E-state index in [9.17, 15) is 10.1 Å². The molecule has 0 bridgehead atoms. The molecule has 1 rings (SSSR count). The molecule has 0 aliphatic carbocycles. The van der Waals surface area contributed by atoms with Gasteiger partial charge in [0.15, 0.2) is 5.79 Å². The zero-order chi connectivity index (χ0) is 10.1. The molecular weight excluding hydrogens is 174 g/mol. The monoisotopic (exact) mass is 189 g/mol. The smallest absolute Gasteiger partial charge is 0.208 e. The van der Waals surface area contributed by atoms with Crippen LogP contribution in [0.4, 0.5) is 0 Å². The topological polar surface area (TPSA) is 61.6 Å². The van der Waals surface area contributed by atoms with Gasteiger partial charge >= 0.3 is 0 Å². The Hall–Kier alpha value is -0.680. The largest absolute Gasteiger partial charge is 0.348 e. The second kappa shape index (κ2) is 3.59. The lowest BCUT2D eigenvalue weighted by Gasteiger charge is -2.18. The molecule has 0 saturated carbocycles. The maximum absolute atomic E-state index is 10.2. The van der Waals surface area contributed by atoms with Crippen molar-refractivity contribution in [1.82, 2.24) is 0 Å². The number of rotatable bonds is 3. The first kappa shape index (κ1) is 10.4. The van der Waals surface area contributed by atoms with Gasteiger partial charge in [0, 0.05) is 10.8 Å². The van der Waals surface area contributed by atoms with Gasteiger partial charge in [0.2, 0.25) is 6.54 Å². The Kier molecular flexibility index (Phi) is 2.87. The van der Waals surface area contributed by atoms with Gasteiger partial charge in [0.25, 0.3) is 0 Å². The van der Waals surface area contributed by atoms with Gasteiger partial charge in [0.05, 0.1) is 12.7 Å². The van der Waals surface area contributed by atoms with E-state index in [1.54, 1.807) is 6.92 Å². The lowest BCUT2D eigenvalue weighted by molar-refractivity contribution is -0.489. The Morgan fingerprint density at radius 3 is 2.69 bits per heavy atom. The van der Waals surface area contributed by atoms with Crippen LogP contribution in [0, 0.1) is 16.0 Å². The van der Waals surface area contributed by atoms with E-state index in [0.717, 1.165) is 0 Å². The molecular formula is C8H15NO4. The van der Waals surface area contributed by atoms with Crippen LogP contribution in [0.2, 0.25) is 0 Å². The minimum absolute atomic E-state index is 0.0654. The van der Waals surface area contributed by atoms with Crippen molar-refractivity contribution in [2.75, 3.05) is 13.2 Å². The lowest BCUT2D eigenvalue weighted by Crippen LogP contribution is -2.29. The van der Waals surface area contributed by atoms with Gasteiger partial charge in [-0.3, -0.25) is 10.1 Å². The molecule has 1 aliphatic heterocycles. The van der Waals surface area contributed by atoms with Crippen LogP contribution < -0.4 is 0 Å². The van der Waals surface area contributed by atoms with Gasteiger partial charge in [-0.25, -0.2) is 0 Å². The number of ether oxygens (including phenoxy) is 2. The fraction of sp³-hybridized carbons (Fsp3) is 1.00. The van der Waals surface area contributed by atoms with Crippen LogP contribution in [0.25, 0.3) is 0 Å². The van der Waals surface area contributed by atoms with Crippen molar-refractivity contribution in [1.29, 1.82) is 0 Å². The summed E-state index contributed by atoms with van der Waals surface area (Å²) in [6, 6.07) is 0. The van der Waals surface area contributed by atoms with E-state index >= 15 is 0 Å². The fourth-order valence-electron chi connectivity index (χ4n) is 1.35. The van der Waals surface area contributed by atoms with Crippen molar-refractivity contribution in [3.8, 4) is 0 Å². The van der Waals surface area contributed by atoms with Gasteiger partial charge < -0.3 is 9.47 Å². The van der Waals surface area contributed by atoms with Crippen LogP contribution in [0.5, 0.6) is 0 Å². The second-order valence-electron chi connectivity index (χ2n) is 3.86. The summed E-state index contributed by atoms with van der Waals surface area (Å²) in [5.41, 5.74) is 0. The number of hydrogen-bond acceptors (Lipinski definition) is 4. The molecule has 5 nitrogen and oxygen atoms in total. The van der Waals surface area contributed by atoms with E-state index in [-0.39, 0.29) is 23.5 Å². The summed E-state index contributed by atoms with van der Waals surface area (Å²) < 4.78 is 10.8. The highest BCUT2D eigenvalue weighted by Gasteiger charge is 2.37. The molecule has 5 heteroatoms. The first-order chi connectivity index (χ1) is 5.91. The molecule has 0 N–H and O–H groups in total. The van der Waals surface area contributed by atoms with Crippen molar-refractivity contribution in [2.24, 2.45) is 5.92 Å². The Balaban J connectivity index is 2.42. The maximum Gasteiger partial charge on any atom is 0.208 e. The molecule has 1 heterocycles. The first-order valence-corrected chi connectivity index (χ1v) is 4.34. The molecule has 76 valence electrons. The number of hydrogen-bond donors (Lipinski definition) is 0. The zero-order valence-corrected chi connectivity index (χ0v) is 8.15. The molecule has 1 aliphatic rings. The Morgan fingerprint density at radius 2 is 2.31 bits per heavy atom. The van der Waals surface area contributed by atoms with Gasteiger partial charge in [-0.1, -0.05) is 6.92 Å². The molecule has 0 spiro atoms. The van der Waals surface area contributed by atoms with E-state index in [4.69, 9.17) is 9.47 Å². The molecule has 2 atom stereocenters. The van der Waals surface area contributed by atoms with Crippen molar-refractivity contribution < 1.29 is 14.4 Å². The normalized spacial score (nSPS) is 28.7. The summed E-state index contributed by atoms with van der Waals surface area (Å²) in [6.45, 7) is 5.81. The third kappa shape index (κ3) is 2.93. The molecule has 1 fully saturated rings. The minimum Gasteiger partial charge on any atom is -0.348 e. The molecule has 0 radical (unpaired) electrons. The zero-order valence-electron chi connectivity index (χ0n) is 8.15. The molecule has 0 aromatic carbocycles. The average Bonchev–Trinajstić information content (AvgIpc) is 2.28. The highest BCUT2D eigenvalue weighted by atomic mass is 16.7. The van der Waals surface area contributed by atoms with E-state index in [0.29, 0.717) is 6.61 Å². The van der Waals surface area contributed by atoms with Crippen LogP contribution in [0.3, 0.4) is 0 Å². The lowest BCUT2D eigenvalue weighted by atomic mass is 10.1. The Bertz CT molecular complexity index is 204. The van der Waals surface area contributed by atoms with E-state index in [1.807, 2.05) is 13.8 Å². The molecule has 0 aromatic rings. The standard InChI is InChI=1S/C8H15NO4/c1-6(4-9(10)11)7-5-12-8(2,3)13-7/h6-7H,4-5H2,1-3H3/t6-,7+/m0/s1. The predicted molar refractivity (Wildman–Crippen MR) is 45.9 cm³/mol. The molecule has 13 heavy (non-hydrogen) atoms. The highest BCUT2D eigenvalue weighted by molar-refractivity contribution is 4.74. The fourth-order valence-corrected chi connectivity index (χ4v) is 1.35. The number of nitro groups is 1. The van der Waals surface area contributed by atoms with Gasteiger partial charge in [-0.2, -0.15) is 0 Å². The molecule has 0 unspecified atom stereocenters. The summed E-state index contributed by atoms with van der Waals surface area (Å²) in [7, 11) is 0. The van der Waals surface area contributed by atoms with Crippen LogP contribution in [0.1, 0.15) is 20.8 Å². The molecule has 1 saturated heterocycles. The van der Waals surface area contributed by atoms with Crippen LogP contribution >= 0.6 is 0 Å². The second-order valence-corrected chi connectivity index (χ2v) is 3.86. The summed E-state index contributed by atoms with van der Waals surface area (Å²) in [5.74, 6) is -0.688. The van der Waals surface area contributed by atoms with Crippen molar-refractivity contribution >= 4 is 0 Å². The van der Waals surface area contributed by atoms with E-state index in [1.165, 1.54) is 0 Å². The molecule has 0 amide bonds. The van der Waals surface area contributed by atoms with Crippen molar-refractivity contribution in [2.45, 2.75) is 32.7 Å². The summed E-state index contributed by atoms with van der Waals surface area (Å²) in [5, 5.41) is 10.2. The van der Waals surface area contributed by atoms with Crippen molar-refractivity contribution in [3.05, 3.63) is 10.1 Å². The predicted octanol–water partition coefficient (Wildman–Crippen LogP) is 1.05. The third-order valence-corrected chi connectivity index (χ3v) is 2.10. The molecule has 0 aromatic heterocycles. The minimum atomic E-state index is -0.588. The Labute approximate surface area is 77.2 Å². The SMILES string of the molecule is C[C@@H](C[N+](=O)[O-])[C@H]1COC(C)(C)O1. The van der Waals surface area contributed by atoms with Gasteiger partial charge in [-0.05, 0) is 13.8 Å². The van der Waals surface area contributed by atoms with E-state index < -0.39 is 5.79 Å². The van der Waals surface area contributed by atoms with E-state index in [2.05, 4.69) is 0 Å². The average molecular weight is 189 g/mol. The van der Waals surface area contributed by atoms with Crippen LogP contribution in [-0.2, 0) is 9.47 Å². The van der Waals surface area contributed by atoms with Gasteiger partial charge in [-0.15, -0.1) is 0 Å². The Morgan fingerprint density at radius 1 is 1.69 bits per heavy atom. The van der Waals surface area contributed by atoms with Gasteiger partial charge in [0.1, 0.15) is 0 Å². The first-order valence-electron chi connectivity index (χ1n) is 4.34. The third-order valence-electron chi connectivity index (χ3n) is 2.10. The van der Waals surface area contributed by atoms with Crippen molar-refractivity contribution in [3.63, 3.8) is 0 Å². The maximum atomic E-state index is 10.2. The highest BCUT2D eigenvalue weighted by Crippen LogP contribution is 2.26. The van der Waals surface area contributed by atoms with Crippen LogP contribution in [-0.4, -0.2) is 30.0 Å². The summed E-state index contributed by atoms with van der Waals surface area (Å²) in [6.07, 6.45) is -0.152. The summed E-state index contributed by atoms with van der Waals surface area (Å²) in [4.78, 5) is 9.92. The quantitative estimate of drug-likeness (QED) is 0.491.